The van der Waals surface area contributed by atoms with Gasteiger partial charge in [0.15, 0.2) is 0 Å². The highest BCUT2D eigenvalue weighted by molar-refractivity contribution is 9.11. The number of nitrogens with zero attached hydrogens (tertiary/aromatic N) is 2. The normalized spacial score (nSPS) is 17.5. The van der Waals surface area contributed by atoms with Crippen LogP contribution in [0.2, 0.25) is 0 Å². The molecule has 1 aromatic carbocycles. The second kappa shape index (κ2) is 6.98. The van der Waals surface area contributed by atoms with E-state index in [0.29, 0.717) is 26.2 Å². The fourth-order valence-corrected chi connectivity index (χ4v) is 5.49. The fourth-order valence-electron chi connectivity index (χ4n) is 2.54. The molecule has 0 aliphatic carbocycles. The number of piperazine rings is 1. The van der Waals surface area contributed by atoms with E-state index >= 15 is 0 Å². The molecule has 1 saturated heterocycles. The van der Waals surface area contributed by atoms with Gasteiger partial charge >= 0.3 is 0 Å². The molecule has 3 rings (SSSR count). The number of benzene rings is 1. The van der Waals surface area contributed by atoms with E-state index in [1.165, 1.54) is 33.4 Å². The molecule has 23 heavy (non-hydrogen) atoms. The largest absolute Gasteiger partial charge is 0.296 e. The highest BCUT2D eigenvalue weighted by Crippen LogP contribution is 2.24. The molecule has 1 aliphatic rings. The standard InChI is InChI=1S/C15H16BrFN2O2S2/c16-15-6-3-13(22-15)11-18-7-9-19(10-8-18)23(20,21)14-4-1-12(17)2-5-14/h1-6H,7-11H2. The van der Waals surface area contributed by atoms with Crippen molar-refractivity contribution in [3.8, 4) is 0 Å². The van der Waals surface area contributed by atoms with Crippen LogP contribution in [0.1, 0.15) is 4.88 Å². The van der Waals surface area contributed by atoms with Crippen LogP contribution < -0.4 is 0 Å². The summed E-state index contributed by atoms with van der Waals surface area (Å²) in [5.74, 6) is -0.434. The minimum atomic E-state index is -3.54. The Kier molecular flexibility index (Phi) is 5.17. The third-order valence-corrected chi connectivity index (χ3v) is 7.31. The number of sulfonamides is 1. The molecule has 124 valence electrons. The SMILES string of the molecule is O=S(=O)(c1ccc(F)cc1)N1CCN(Cc2ccc(Br)s2)CC1. The zero-order chi connectivity index (χ0) is 16.4. The van der Waals surface area contributed by atoms with Gasteiger partial charge in [0.25, 0.3) is 0 Å². The summed E-state index contributed by atoms with van der Waals surface area (Å²) in [7, 11) is -3.54. The van der Waals surface area contributed by atoms with Crippen molar-refractivity contribution in [3.05, 3.63) is 50.9 Å². The van der Waals surface area contributed by atoms with Gasteiger partial charge in [0.1, 0.15) is 5.82 Å². The Balaban J connectivity index is 1.62. The first-order chi connectivity index (χ1) is 10.9. The topological polar surface area (TPSA) is 40.6 Å². The summed E-state index contributed by atoms with van der Waals surface area (Å²) in [4.78, 5) is 3.65. The summed E-state index contributed by atoms with van der Waals surface area (Å²) in [6, 6.07) is 9.10. The Hall–Kier alpha value is -0.800. The van der Waals surface area contributed by atoms with Crippen molar-refractivity contribution < 1.29 is 12.8 Å². The minimum Gasteiger partial charge on any atom is -0.296 e. The van der Waals surface area contributed by atoms with Crippen LogP contribution in [-0.4, -0.2) is 43.8 Å². The number of rotatable bonds is 4. The average Bonchev–Trinajstić information content (AvgIpc) is 2.93. The molecule has 2 heterocycles. The Morgan fingerprint density at radius 2 is 1.70 bits per heavy atom. The smallest absolute Gasteiger partial charge is 0.243 e. The van der Waals surface area contributed by atoms with Crippen LogP contribution >= 0.6 is 27.3 Å². The Bertz CT molecular complexity index is 769. The van der Waals surface area contributed by atoms with E-state index in [4.69, 9.17) is 0 Å². The van der Waals surface area contributed by atoms with Gasteiger partial charge in [-0.05, 0) is 52.3 Å². The zero-order valence-electron chi connectivity index (χ0n) is 12.3. The molecular weight excluding hydrogens is 403 g/mol. The molecule has 0 radical (unpaired) electrons. The monoisotopic (exact) mass is 418 g/mol. The highest BCUT2D eigenvalue weighted by Gasteiger charge is 2.28. The molecule has 0 atom stereocenters. The summed E-state index contributed by atoms with van der Waals surface area (Å²) in [5.41, 5.74) is 0. The van der Waals surface area contributed by atoms with Crippen molar-refractivity contribution in [2.24, 2.45) is 0 Å². The molecule has 0 N–H and O–H groups in total. The van der Waals surface area contributed by atoms with E-state index in [0.717, 1.165) is 10.3 Å². The summed E-state index contributed by atoms with van der Waals surface area (Å²) < 4.78 is 40.6. The van der Waals surface area contributed by atoms with E-state index in [2.05, 4.69) is 26.9 Å². The molecule has 0 unspecified atom stereocenters. The first-order valence-corrected chi connectivity index (χ1v) is 10.2. The number of hydrogen-bond donors (Lipinski definition) is 0. The van der Waals surface area contributed by atoms with Gasteiger partial charge < -0.3 is 0 Å². The van der Waals surface area contributed by atoms with Crippen LogP contribution in [0.4, 0.5) is 4.39 Å². The van der Waals surface area contributed by atoms with Gasteiger partial charge in [-0.15, -0.1) is 11.3 Å². The molecule has 0 saturated carbocycles. The summed E-state index contributed by atoms with van der Waals surface area (Å²) in [6.07, 6.45) is 0. The Labute approximate surface area is 147 Å². The molecule has 1 aliphatic heterocycles. The van der Waals surface area contributed by atoms with Gasteiger partial charge in [-0.2, -0.15) is 4.31 Å². The molecule has 1 fully saturated rings. The summed E-state index contributed by atoms with van der Waals surface area (Å²) in [5, 5.41) is 0. The molecule has 2 aromatic rings. The predicted octanol–water partition coefficient (Wildman–Crippen LogP) is 3.16. The second-order valence-electron chi connectivity index (χ2n) is 5.34. The van der Waals surface area contributed by atoms with Gasteiger partial charge in [0.05, 0.1) is 8.68 Å². The maximum Gasteiger partial charge on any atom is 0.243 e. The van der Waals surface area contributed by atoms with E-state index in [1.807, 2.05) is 6.07 Å². The molecule has 0 amide bonds. The second-order valence-corrected chi connectivity index (χ2v) is 9.83. The van der Waals surface area contributed by atoms with Crippen LogP contribution in [0, 0.1) is 5.82 Å². The van der Waals surface area contributed by atoms with Crippen molar-refractivity contribution in [2.45, 2.75) is 11.4 Å². The van der Waals surface area contributed by atoms with Gasteiger partial charge in [0, 0.05) is 37.6 Å². The molecular formula is C15H16BrFN2O2S2. The van der Waals surface area contributed by atoms with Crippen LogP contribution in [0.15, 0.2) is 45.1 Å². The zero-order valence-corrected chi connectivity index (χ0v) is 15.5. The van der Waals surface area contributed by atoms with Crippen molar-refractivity contribution in [1.82, 2.24) is 9.21 Å². The number of thiophene rings is 1. The first-order valence-electron chi connectivity index (χ1n) is 7.17. The van der Waals surface area contributed by atoms with Crippen molar-refractivity contribution in [2.75, 3.05) is 26.2 Å². The molecule has 4 nitrogen and oxygen atoms in total. The van der Waals surface area contributed by atoms with Crippen LogP contribution in [0.3, 0.4) is 0 Å². The highest BCUT2D eigenvalue weighted by atomic mass is 79.9. The summed E-state index contributed by atoms with van der Waals surface area (Å²) in [6.45, 7) is 3.12. The van der Waals surface area contributed by atoms with Crippen LogP contribution in [0.5, 0.6) is 0 Å². The lowest BCUT2D eigenvalue weighted by Gasteiger charge is -2.33. The van der Waals surface area contributed by atoms with Gasteiger partial charge in [-0.3, -0.25) is 4.90 Å². The number of halogens is 2. The lowest BCUT2D eigenvalue weighted by molar-refractivity contribution is 0.183. The van der Waals surface area contributed by atoms with Crippen molar-refractivity contribution >= 4 is 37.3 Å². The van der Waals surface area contributed by atoms with Crippen molar-refractivity contribution in [1.29, 1.82) is 0 Å². The van der Waals surface area contributed by atoms with Crippen molar-refractivity contribution in [3.63, 3.8) is 0 Å². The predicted molar refractivity (Wildman–Crippen MR) is 92.5 cm³/mol. The third-order valence-electron chi connectivity index (χ3n) is 3.79. The van der Waals surface area contributed by atoms with Gasteiger partial charge in [0.2, 0.25) is 10.0 Å². The molecule has 8 heteroatoms. The van der Waals surface area contributed by atoms with Crippen LogP contribution in [0.25, 0.3) is 0 Å². The molecule has 0 spiro atoms. The summed E-state index contributed by atoms with van der Waals surface area (Å²) >= 11 is 5.14. The Morgan fingerprint density at radius 3 is 2.26 bits per heavy atom. The quantitative estimate of drug-likeness (QED) is 0.765. The van der Waals surface area contributed by atoms with Gasteiger partial charge in [-0.1, -0.05) is 0 Å². The molecule has 1 aromatic heterocycles. The lowest BCUT2D eigenvalue weighted by Crippen LogP contribution is -2.48. The van der Waals surface area contributed by atoms with E-state index in [1.54, 1.807) is 11.3 Å². The maximum atomic E-state index is 13.0. The minimum absolute atomic E-state index is 0.148. The average molecular weight is 419 g/mol. The first kappa shape index (κ1) is 17.0. The third kappa shape index (κ3) is 4.00. The van der Waals surface area contributed by atoms with E-state index in [9.17, 15) is 12.8 Å². The van der Waals surface area contributed by atoms with Gasteiger partial charge in [-0.25, -0.2) is 12.8 Å². The molecule has 0 bridgehead atoms. The maximum absolute atomic E-state index is 13.0. The fraction of sp³-hybridized carbons (Fsp3) is 0.333. The number of hydrogen-bond acceptors (Lipinski definition) is 4. The van der Waals surface area contributed by atoms with E-state index in [-0.39, 0.29) is 4.90 Å². The Morgan fingerprint density at radius 1 is 1.04 bits per heavy atom. The van der Waals surface area contributed by atoms with E-state index < -0.39 is 15.8 Å². The van der Waals surface area contributed by atoms with Crippen LogP contribution in [-0.2, 0) is 16.6 Å². The lowest BCUT2D eigenvalue weighted by atomic mass is 10.3.